The van der Waals surface area contributed by atoms with Gasteiger partial charge in [0, 0.05) is 24.7 Å². The molecule has 12 heavy (non-hydrogen) atoms. The highest BCUT2D eigenvalue weighted by atomic mass is 35.5. The van der Waals surface area contributed by atoms with Gasteiger partial charge in [0.1, 0.15) is 0 Å². The van der Waals surface area contributed by atoms with Gasteiger partial charge in [0.25, 0.3) is 0 Å². The number of hydrogen-bond donors (Lipinski definition) is 1. The Labute approximate surface area is 76.5 Å². The Hall–Kier alpha value is -0.540. The first kappa shape index (κ1) is 8.08. The molecular formula is C8H12ClN3. The van der Waals surface area contributed by atoms with Crippen molar-refractivity contribution in [2.45, 2.75) is 24.8 Å². The van der Waals surface area contributed by atoms with E-state index in [2.05, 4.69) is 4.98 Å². The van der Waals surface area contributed by atoms with E-state index in [0.717, 1.165) is 12.8 Å². The number of rotatable bonds is 1. The number of nitrogens with zero attached hydrogens (tertiary/aromatic N) is 2. The molecule has 0 aromatic carbocycles. The average molecular weight is 186 g/mol. The molecule has 0 spiro atoms. The lowest BCUT2D eigenvalue weighted by Gasteiger charge is -2.33. The Morgan fingerprint density at radius 3 is 2.75 bits per heavy atom. The van der Waals surface area contributed by atoms with E-state index in [1.807, 2.05) is 17.8 Å². The summed E-state index contributed by atoms with van der Waals surface area (Å²) < 4.78 is 1.91. The number of imidazole rings is 1. The molecule has 2 rings (SSSR count). The zero-order valence-electron chi connectivity index (χ0n) is 7.00. The van der Waals surface area contributed by atoms with Crippen molar-refractivity contribution in [3.63, 3.8) is 0 Å². The van der Waals surface area contributed by atoms with Crippen molar-refractivity contribution >= 4 is 11.6 Å². The van der Waals surface area contributed by atoms with Crippen LogP contribution >= 0.6 is 11.6 Å². The van der Waals surface area contributed by atoms with E-state index in [1.54, 1.807) is 0 Å². The van der Waals surface area contributed by atoms with Gasteiger partial charge in [-0.1, -0.05) is 0 Å². The van der Waals surface area contributed by atoms with Gasteiger partial charge in [-0.3, -0.25) is 0 Å². The number of nitrogens with two attached hydrogens (primary N) is 1. The summed E-state index contributed by atoms with van der Waals surface area (Å²) in [5, 5.41) is 0.545. The highest BCUT2D eigenvalue weighted by molar-refractivity contribution is 6.28. The molecule has 4 heteroatoms. The van der Waals surface area contributed by atoms with Gasteiger partial charge in [-0.2, -0.15) is 0 Å². The van der Waals surface area contributed by atoms with Gasteiger partial charge in [-0.05, 0) is 24.4 Å². The van der Waals surface area contributed by atoms with E-state index in [9.17, 15) is 0 Å². The molecule has 1 aromatic heterocycles. The largest absolute Gasteiger partial charge is 0.327 e. The van der Waals surface area contributed by atoms with Gasteiger partial charge in [0.05, 0.1) is 6.20 Å². The van der Waals surface area contributed by atoms with Crippen LogP contribution in [0.1, 0.15) is 24.5 Å². The molecule has 2 N–H and O–H groups in total. The molecule has 0 bridgehead atoms. The van der Waals surface area contributed by atoms with Crippen LogP contribution in [-0.2, 0) is 7.05 Å². The molecule has 3 nitrogen and oxygen atoms in total. The molecule has 0 amide bonds. The van der Waals surface area contributed by atoms with Crippen LogP contribution in [0.3, 0.4) is 0 Å². The SMILES string of the molecule is Cn1c(C2CCC2N)cnc1Cl. The second-order valence-corrected chi connectivity index (χ2v) is 3.70. The summed E-state index contributed by atoms with van der Waals surface area (Å²) in [6.07, 6.45) is 4.11. The quantitative estimate of drug-likeness (QED) is 0.717. The third kappa shape index (κ3) is 1.04. The van der Waals surface area contributed by atoms with Crippen molar-refractivity contribution in [3.05, 3.63) is 17.2 Å². The molecule has 1 aliphatic rings. The minimum Gasteiger partial charge on any atom is -0.327 e. The topological polar surface area (TPSA) is 43.8 Å². The lowest BCUT2D eigenvalue weighted by atomic mass is 9.78. The maximum Gasteiger partial charge on any atom is 0.202 e. The fraction of sp³-hybridized carbons (Fsp3) is 0.625. The molecule has 1 saturated carbocycles. The van der Waals surface area contributed by atoms with Crippen LogP contribution in [0.4, 0.5) is 0 Å². The lowest BCUT2D eigenvalue weighted by Crippen LogP contribution is -2.38. The standard InChI is InChI=1S/C8H12ClN3/c1-12-7(4-11-8(12)9)5-2-3-6(5)10/h4-6H,2-3,10H2,1H3. The molecule has 0 saturated heterocycles. The first-order valence-corrected chi connectivity index (χ1v) is 4.50. The smallest absolute Gasteiger partial charge is 0.202 e. The van der Waals surface area contributed by atoms with E-state index in [0.29, 0.717) is 17.2 Å². The normalized spacial score (nSPS) is 28.6. The van der Waals surface area contributed by atoms with Crippen molar-refractivity contribution in [1.82, 2.24) is 9.55 Å². The van der Waals surface area contributed by atoms with Crippen molar-refractivity contribution in [2.24, 2.45) is 12.8 Å². The highest BCUT2D eigenvalue weighted by Gasteiger charge is 2.31. The van der Waals surface area contributed by atoms with Crippen LogP contribution in [0.15, 0.2) is 6.20 Å². The van der Waals surface area contributed by atoms with Gasteiger partial charge in [0.15, 0.2) is 0 Å². The van der Waals surface area contributed by atoms with E-state index in [-0.39, 0.29) is 0 Å². The van der Waals surface area contributed by atoms with Gasteiger partial charge in [-0.15, -0.1) is 0 Å². The Morgan fingerprint density at radius 1 is 1.67 bits per heavy atom. The van der Waals surface area contributed by atoms with Gasteiger partial charge < -0.3 is 10.3 Å². The lowest BCUT2D eigenvalue weighted by molar-refractivity contribution is 0.334. The second kappa shape index (κ2) is 2.75. The predicted molar refractivity (Wildman–Crippen MR) is 48.2 cm³/mol. The molecule has 66 valence electrons. The van der Waals surface area contributed by atoms with Crippen molar-refractivity contribution < 1.29 is 0 Å². The first-order chi connectivity index (χ1) is 5.70. The van der Waals surface area contributed by atoms with Crippen LogP contribution in [0, 0.1) is 0 Å². The average Bonchev–Trinajstić information content (AvgIpc) is 2.34. The van der Waals surface area contributed by atoms with Crippen LogP contribution in [0.25, 0.3) is 0 Å². The molecule has 2 atom stereocenters. The number of halogens is 1. The molecule has 1 aromatic rings. The minimum atomic E-state index is 0.302. The fourth-order valence-electron chi connectivity index (χ4n) is 1.64. The molecule has 1 fully saturated rings. The monoisotopic (exact) mass is 185 g/mol. The summed E-state index contributed by atoms with van der Waals surface area (Å²) >= 11 is 5.81. The number of hydrogen-bond acceptors (Lipinski definition) is 2. The maximum absolute atomic E-state index is 5.85. The van der Waals surface area contributed by atoms with Crippen molar-refractivity contribution in [3.8, 4) is 0 Å². The Kier molecular flexibility index (Phi) is 1.85. The van der Waals surface area contributed by atoms with Gasteiger partial charge in [-0.25, -0.2) is 4.98 Å². The van der Waals surface area contributed by atoms with E-state index < -0.39 is 0 Å². The Bertz CT molecular complexity index is 294. The Balaban J connectivity index is 2.28. The summed E-state index contributed by atoms with van der Waals surface area (Å²) in [4.78, 5) is 4.03. The van der Waals surface area contributed by atoms with E-state index in [1.165, 1.54) is 5.69 Å². The first-order valence-electron chi connectivity index (χ1n) is 4.13. The van der Waals surface area contributed by atoms with Crippen LogP contribution < -0.4 is 5.73 Å². The third-order valence-corrected chi connectivity index (χ3v) is 3.03. The highest BCUT2D eigenvalue weighted by Crippen LogP contribution is 2.35. The Morgan fingerprint density at radius 2 is 2.42 bits per heavy atom. The molecule has 2 unspecified atom stereocenters. The van der Waals surface area contributed by atoms with Crippen molar-refractivity contribution in [2.75, 3.05) is 0 Å². The second-order valence-electron chi connectivity index (χ2n) is 3.36. The molecule has 0 radical (unpaired) electrons. The summed E-state index contributed by atoms with van der Waals surface area (Å²) in [5.41, 5.74) is 7.01. The minimum absolute atomic E-state index is 0.302. The van der Waals surface area contributed by atoms with Crippen molar-refractivity contribution in [1.29, 1.82) is 0 Å². The third-order valence-electron chi connectivity index (χ3n) is 2.68. The van der Waals surface area contributed by atoms with E-state index >= 15 is 0 Å². The van der Waals surface area contributed by atoms with Crippen LogP contribution in [-0.4, -0.2) is 15.6 Å². The summed E-state index contributed by atoms with van der Waals surface area (Å²) in [7, 11) is 1.93. The summed E-state index contributed by atoms with van der Waals surface area (Å²) in [6, 6.07) is 0.302. The van der Waals surface area contributed by atoms with Crippen LogP contribution in [0.2, 0.25) is 5.28 Å². The predicted octanol–water partition coefficient (Wildman–Crippen LogP) is 1.28. The van der Waals surface area contributed by atoms with Gasteiger partial charge in [0.2, 0.25) is 5.28 Å². The zero-order valence-corrected chi connectivity index (χ0v) is 7.75. The summed E-state index contributed by atoms with van der Waals surface area (Å²) in [6.45, 7) is 0. The zero-order chi connectivity index (χ0) is 8.72. The molecule has 0 aliphatic heterocycles. The molecule has 1 aliphatic carbocycles. The maximum atomic E-state index is 5.85. The fourth-order valence-corrected chi connectivity index (χ4v) is 1.78. The van der Waals surface area contributed by atoms with E-state index in [4.69, 9.17) is 17.3 Å². The number of aromatic nitrogens is 2. The summed E-state index contributed by atoms with van der Waals surface area (Å²) in [5.74, 6) is 0.468. The van der Waals surface area contributed by atoms with Crippen LogP contribution in [0.5, 0.6) is 0 Å². The molecule has 1 heterocycles. The molecular weight excluding hydrogens is 174 g/mol. The van der Waals surface area contributed by atoms with Gasteiger partial charge >= 0.3 is 0 Å².